The molecule has 0 saturated carbocycles. The first-order valence-corrected chi connectivity index (χ1v) is 6.40. The average molecular weight is 211 g/mol. The lowest BCUT2D eigenvalue weighted by Gasteiger charge is -2.22. The molecule has 1 N–H and O–H groups in total. The number of hydrogen-bond donors (Lipinski definition) is 1. The second-order valence-corrected chi connectivity index (χ2v) is 4.79. The second-order valence-electron chi connectivity index (χ2n) is 3.64. The normalized spacial score (nSPS) is 22.2. The summed E-state index contributed by atoms with van der Waals surface area (Å²) in [7, 11) is 0. The van der Waals surface area contributed by atoms with Gasteiger partial charge in [0.15, 0.2) is 0 Å². The average Bonchev–Trinajstić information content (AvgIpc) is 2.67. The number of nitrogens with one attached hydrogen (secondary N) is 1. The van der Waals surface area contributed by atoms with Crippen molar-refractivity contribution in [1.82, 2.24) is 9.78 Å². The lowest BCUT2D eigenvalue weighted by molar-refractivity contribution is 0.659. The topological polar surface area (TPSA) is 29.9 Å². The summed E-state index contributed by atoms with van der Waals surface area (Å²) in [5.41, 5.74) is 1.17. The summed E-state index contributed by atoms with van der Waals surface area (Å²) in [6.45, 7) is 3.05. The first-order valence-electron chi connectivity index (χ1n) is 5.25. The van der Waals surface area contributed by atoms with Crippen LogP contribution < -0.4 is 5.32 Å². The van der Waals surface area contributed by atoms with Gasteiger partial charge in [-0.15, -0.1) is 0 Å². The Morgan fingerprint density at radius 3 is 3.29 bits per heavy atom. The van der Waals surface area contributed by atoms with Crippen LogP contribution in [0.1, 0.15) is 19.8 Å². The molecule has 0 radical (unpaired) electrons. The van der Waals surface area contributed by atoms with Gasteiger partial charge in [-0.1, -0.05) is 0 Å². The molecule has 1 aromatic rings. The largest absolute Gasteiger partial charge is 0.379 e. The Balaban J connectivity index is 1.89. The van der Waals surface area contributed by atoms with E-state index in [1.807, 2.05) is 22.6 Å². The van der Waals surface area contributed by atoms with Crippen LogP contribution in [0.15, 0.2) is 12.4 Å². The second kappa shape index (κ2) is 4.73. The molecule has 2 rings (SSSR count). The first kappa shape index (κ1) is 9.90. The lowest BCUT2D eigenvalue weighted by Crippen LogP contribution is -2.25. The zero-order chi connectivity index (χ0) is 9.80. The van der Waals surface area contributed by atoms with Gasteiger partial charge in [0.25, 0.3) is 0 Å². The summed E-state index contributed by atoms with van der Waals surface area (Å²) >= 11 is 2.05. The number of nitrogens with zero attached hydrogens (tertiary/aromatic N) is 2. The van der Waals surface area contributed by atoms with Gasteiger partial charge in [-0.2, -0.15) is 16.9 Å². The molecule has 3 nitrogen and oxygen atoms in total. The van der Waals surface area contributed by atoms with Crippen molar-refractivity contribution in [3.63, 3.8) is 0 Å². The maximum absolute atomic E-state index is 4.25. The van der Waals surface area contributed by atoms with E-state index in [0.29, 0.717) is 6.04 Å². The molecular weight excluding hydrogens is 194 g/mol. The third-order valence-corrected chi connectivity index (χ3v) is 3.70. The molecule has 1 aliphatic rings. The van der Waals surface area contributed by atoms with Gasteiger partial charge in [-0.25, -0.2) is 0 Å². The van der Waals surface area contributed by atoms with Crippen LogP contribution in [-0.2, 0) is 6.54 Å². The zero-order valence-corrected chi connectivity index (χ0v) is 9.39. The fraction of sp³-hybridized carbons (Fsp3) is 0.700. The Hall–Kier alpha value is -0.640. The maximum Gasteiger partial charge on any atom is 0.0728 e. The summed E-state index contributed by atoms with van der Waals surface area (Å²) in [5.74, 6) is 2.56. The van der Waals surface area contributed by atoms with Gasteiger partial charge < -0.3 is 5.32 Å². The van der Waals surface area contributed by atoms with Crippen molar-refractivity contribution in [2.75, 3.05) is 16.8 Å². The Morgan fingerprint density at radius 2 is 2.64 bits per heavy atom. The quantitative estimate of drug-likeness (QED) is 0.831. The van der Waals surface area contributed by atoms with Crippen LogP contribution in [0, 0.1) is 0 Å². The standard InChI is InChI=1S/C10H17N3S/c1-2-13-7-10(6-11-13)12-9-4-3-5-14-8-9/h6-7,9,12H,2-5,8H2,1H3/t9-/m0/s1. The van der Waals surface area contributed by atoms with Crippen LogP contribution >= 0.6 is 11.8 Å². The summed E-state index contributed by atoms with van der Waals surface area (Å²) in [5, 5.41) is 7.78. The summed E-state index contributed by atoms with van der Waals surface area (Å²) in [4.78, 5) is 0. The Labute approximate surface area is 89.3 Å². The molecule has 0 unspecified atom stereocenters. The van der Waals surface area contributed by atoms with E-state index in [4.69, 9.17) is 0 Å². The van der Waals surface area contributed by atoms with E-state index in [2.05, 4.69) is 23.5 Å². The van der Waals surface area contributed by atoms with Crippen molar-refractivity contribution >= 4 is 17.4 Å². The summed E-state index contributed by atoms with van der Waals surface area (Å²) in [6.07, 6.45) is 6.64. The highest BCUT2D eigenvalue weighted by atomic mass is 32.2. The number of aryl methyl sites for hydroxylation is 1. The highest BCUT2D eigenvalue weighted by molar-refractivity contribution is 7.99. The minimum absolute atomic E-state index is 0.642. The molecule has 1 fully saturated rings. The molecule has 0 aliphatic carbocycles. The van der Waals surface area contributed by atoms with Crippen molar-refractivity contribution in [2.45, 2.75) is 32.4 Å². The van der Waals surface area contributed by atoms with Gasteiger partial charge in [-0.05, 0) is 25.5 Å². The first-order chi connectivity index (χ1) is 6.88. The Kier molecular flexibility index (Phi) is 3.35. The number of aromatic nitrogens is 2. The molecule has 4 heteroatoms. The number of thioether (sulfide) groups is 1. The van der Waals surface area contributed by atoms with Crippen LogP contribution in [0.25, 0.3) is 0 Å². The molecule has 0 amide bonds. The third kappa shape index (κ3) is 2.44. The number of rotatable bonds is 3. The van der Waals surface area contributed by atoms with Crippen molar-refractivity contribution in [1.29, 1.82) is 0 Å². The van der Waals surface area contributed by atoms with E-state index >= 15 is 0 Å². The van der Waals surface area contributed by atoms with Gasteiger partial charge in [0.2, 0.25) is 0 Å². The van der Waals surface area contributed by atoms with Gasteiger partial charge in [0.05, 0.1) is 11.9 Å². The van der Waals surface area contributed by atoms with E-state index in [-0.39, 0.29) is 0 Å². The summed E-state index contributed by atoms with van der Waals surface area (Å²) < 4.78 is 1.96. The fourth-order valence-corrected chi connectivity index (χ4v) is 2.77. The molecule has 0 aromatic carbocycles. The zero-order valence-electron chi connectivity index (χ0n) is 8.57. The van der Waals surface area contributed by atoms with Crippen molar-refractivity contribution in [3.05, 3.63) is 12.4 Å². The SMILES string of the molecule is CCn1cc(N[C@H]2CCCSC2)cn1. The van der Waals surface area contributed by atoms with E-state index in [9.17, 15) is 0 Å². The third-order valence-electron chi connectivity index (χ3n) is 2.49. The van der Waals surface area contributed by atoms with E-state index < -0.39 is 0 Å². The van der Waals surface area contributed by atoms with E-state index in [1.165, 1.54) is 30.0 Å². The van der Waals surface area contributed by atoms with Gasteiger partial charge >= 0.3 is 0 Å². The smallest absolute Gasteiger partial charge is 0.0728 e. The van der Waals surface area contributed by atoms with Crippen molar-refractivity contribution < 1.29 is 0 Å². The van der Waals surface area contributed by atoms with Gasteiger partial charge in [0, 0.05) is 24.5 Å². The molecule has 0 bridgehead atoms. The van der Waals surface area contributed by atoms with Crippen LogP contribution in [-0.4, -0.2) is 27.3 Å². The minimum atomic E-state index is 0.642. The Morgan fingerprint density at radius 1 is 1.71 bits per heavy atom. The molecule has 2 heterocycles. The van der Waals surface area contributed by atoms with Crippen molar-refractivity contribution in [3.8, 4) is 0 Å². The molecule has 1 atom stereocenters. The van der Waals surface area contributed by atoms with E-state index in [1.54, 1.807) is 0 Å². The molecule has 0 spiro atoms. The predicted octanol–water partition coefficient (Wildman–Crippen LogP) is 2.21. The number of hydrogen-bond acceptors (Lipinski definition) is 3. The van der Waals surface area contributed by atoms with Crippen LogP contribution in [0.2, 0.25) is 0 Å². The van der Waals surface area contributed by atoms with Crippen molar-refractivity contribution in [2.24, 2.45) is 0 Å². The van der Waals surface area contributed by atoms with Gasteiger partial charge in [0.1, 0.15) is 0 Å². The van der Waals surface area contributed by atoms with Crippen LogP contribution in [0.3, 0.4) is 0 Å². The molecule has 1 saturated heterocycles. The minimum Gasteiger partial charge on any atom is -0.379 e. The van der Waals surface area contributed by atoms with Gasteiger partial charge in [-0.3, -0.25) is 4.68 Å². The molecule has 1 aromatic heterocycles. The van der Waals surface area contributed by atoms with Crippen LogP contribution in [0.4, 0.5) is 5.69 Å². The maximum atomic E-state index is 4.25. The van der Waals surface area contributed by atoms with Crippen LogP contribution in [0.5, 0.6) is 0 Å². The molecular formula is C10H17N3S. The van der Waals surface area contributed by atoms with E-state index in [0.717, 1.165) is 6.54 Å². The monoisotopic (exact) mass is 211 g/mol. The molecule has 14 heavy (non-hydrogen) atoms. The number of anilines is 1. The molecule has 78 valence electrons. The fourth-order valence-electron chi connectivity index (χ4n) is 1.70. The highest BCUT2D eigenvalue weighted by Crippen LogP contribution is 2.20. The summed E-state index contributed by atoms with van der Waals surface area (Å²) in [6, 6.07) is 0.642. The molecule has 1 aliphatic heterocycles. The lowest BCUT2D eigenvalue weighted by atomic mass is 10.2. The highest BCUT2D eigenvalue weighted by Gasteiger charge is 2.13. The Bertz CT molecular complexity index is 279. The predicted molar refractivity (Wildman–Crippen MR) is 61.9 cm³/mol.